The SMILES string of the molecule is O=C(NCc1ccc2c(c1)OCO2)c1cncc(NC2CCCCCC2)c1. The van der Waals surface area contributed by atoms with Crippen molar-refractivity contribution in [2.24, 2.45) is 0 Å². The molecular weight excluding hydrogens is 342 g/mol. The van der Waals surface area contributed by atoms with Crippen LogP contribution < -0.4 is 20.1 Å². The summed E-state index contributed by atoms with van der Waals surface area (Å²) in [4.78, 5) is 16.8. The number of rotatable bonds is 5. The summed E-state index contributed by atoms with van der Waals surface area (Å²) >= 11 is 0. The molecule has 1 saturated carbocycles. The normalized spacial score (nSPS) is 16.6. The van der Waals surface area contributed by atoms with Crippen molar-refractivity contribution in [3.63, 3.8) is 0 Å². The van der Waals surface area contributed by atoms with Crippen molar-refractivity contribution in [2.45, 2.75) is 51.1 Å². The third kappa shape index (κ3) is 4.51. The van der Waals surface area contributed by atoms with Gasteiger partial charge in [-0.05, 0) is 36.6 Å². The molecule has 2 heterocycles. The van der Waals surface area contributed by atoms with Gasteiger partial charge in [0.05, 0.1) is 11.3 Å². The molecule has 6 heteroatoms. The molecule has 4 rings (SSSR count). The molecule has 1 aromatic carbocycles. The average molecular weight is 367 g/mol. The summed E-state index contributed by atoms with van der Waals surface area (Å²) in [5.74, 6) is 1.33. The first-order valence-corrected chi connectivity index (χ1v) is 9.66. The van der Waals surface area contributed by atoms with Crippen LogP contribution >= 0.6 is 0 Å². The maximum atomic E-state index is 12.5. The first-order chi connectivity index (χ1) is 13.3. The Balaban J connectivity index is 1.35. The third-order valence-electron chi connectivity index (χ3n) is 5.12. The Morgan fingerprint density at radius 3 is 2.70 bits per heavy atom. The molecule has 2 N–H and O–H groups in total. The van der Waals surface area contributed by atoms with Gasteiger partial charge >= 0.3 is 0 Å². The Kier molecular flexibility index (Phi) is 5.42. The van der Waals surface area contributed by atoms with Gasteiger partial charge in [0.1, 0.15) is 0 Å². The summed E-state index contributed by atoms with van der Waals surface area (Å²) in [6.45, 7) is 0.674. The number of carbonyl (C=O) groups is 1. The average Bonchev–Trinajstić information content (AvgIpc) is 3.02. The number of hydrogen-bond donors (Lipinski definition) is 2. The van der Waals surface area contributed by atoms with E-state index < -0.39 is 0 Å². The van der Waals surface area contributed by atoms with E-state index >= 15 is 0 Å². The fraction of sp³-hybridized carbons (Fsp3) is 0.429. The van der Waals surface area contributed by atoms with Gasteiger partial charge in [0.15, 0.2) is 11.5 Å². The Morgan fingerprint density at radius 2 is 1.85 bits per heavy atom. The third-order valence-corrected chi connectivity index (χ3v) is 5.12. The highest BCUT2D eigenvalue weighted by molar-refractivity contribution is 5.94. The molecule has 1 aliphatic carbocycles. The van der Waals surface area contributed by atoms with E-state index in [1.165, 1.54) is 38.5 Å². The number of amides is 1. The number of benzene rings is 1. The van der Waals surface area contributed by atoms with Crippen molar-refractivity contribution in [3.8, 4) is 11.5 Å². The Hall–Kier alpha value is -2.76. The summed E-state index contributed by atoms with van der Waals surface area (Å²) in [5.41, 5.74) is 2.44. The summed E-state index contributed by atoms with van der Waals surface area (Å²) in [5, 5.41) is 6.49. The second kappa shape index (κ2) is 8.29. The molecule has 1 aliphatic heterocycles. The van der Waals surface area contributed by atoms with E-state index in [1.54, 1.807) is 12.4 Å². The van der Waals surface area contributed by atoms with Crippen LogP contribution in [-0.4, -0.2) is 23.7 Å². The van der Waals surface area contributed by atoms with Crippen molar-refractivity contribution < 1.29 is 14.3 Å². The van der Waals surface area contributed by atoms with Crippen LogP contribution in [0.3, 0.4) is 0 Å². The number of nitrogens with one attached hydrogen (secondary N) is 2. The van der Waals surface area contributed by atoms with E-state index in [-0.39, 0.29) is 12.7 Å². The van der Waals surface area contributed by atoms with Crippen LogP contribution in [0.4, 0.5) is 5.69 Å². The molecule has 2 aromatic rings. The molecule has 142 valence electrons. The minimum atomic E-state index is -0.135. The van der Waals surface area contributed by atoms with Crippen molar-refractivity contribution in [1.82, 2.24) is 10.3 Å². The minimum absolute atomic E-state index is 0.135. The van der Waals surface area contributed by atoms with E-state index in [1.807, 2.05) is 24.3 Å². The highest BCUT2D eigenvalue weighted by atomic mass is 16.7. The number of nitrogens with zero attached hydrogens (tertiary/aromatic N) is 1. The van der Waals surface area contributed by atoms with Gasteiger partial charge in [-0.15, -0.1) is 0 Å². The van der Waals surface area contributed by atoms with Gasteiger partial charge in [0, 0.05) is 25.0 Å². The number of anilines is 1. The predicted octanol–water partition coefficient (Wildman–Crippen LogP) is 3.88. The van der Waals surface area contributed by atoms with Gasteiger partial charge in [-0.2, -0.15) is 0 Å². The Bertz CT molecular complexity index is 801. The zero-order valence-corrected chi connectivity index (χ0v) is 15.4. The molecule has 0 bridgehead atoms. The second-order valence-corrected chi connectivity index (χ2v) is 7.17. The lowest BCUT2D eigenvalue weighted by Crippen LogP contribution is -2.23. The van der Waals surface area contributed by atoms with Crippen LogP contribution in [-0.2, 0) is 6.54 Å². The van der Waals surface area contributed by atoms with Gasteiger partial charge in [0.2, 0.25) is 6.79 Å². The topological polar surface area (TPSA) is 72.5 Å². The summed E-state index contributed by atoms with van der Waals surface area (Å²) in [6.07, 6.45) is 10.9. The quantitative estimate of drug-likeness (QED) is 0.785. The van der Waals surface area contributed by atoms with Crippen molar-refractivity contribution in [3.05, 3.63) is 47.8 Å². The predicted molar refractivity (Wildman–Crippen MR) is 103 cm³/mol. The second-order valence-electron chi connectivity index (χ2n) is 7.17. The lowest BCUT2D eigenvalue weighted by atomic mass is 10.1. The number of ether oxygens (including phenoxy) is 2. The van der Waals surface area contributed by atoms with Gasteiger partial charge in [-0.1, -0.05) is 31.7 Å². The maximum absolute atomic E-state index is 12.5. The van der Waals surface area contributed by atoms with Crippen LogP contribution in [0, 0.1) is 0 Å². The first kappa shape index (κ1) is 17.6. The van der Waals surface area contributed by atoms with Crippen LogP contribution in [0.15, 0.2) is 36.7 Å². The minimum Gasteiger partial charge on any atom is -0.454 e. The lowest BCUT2D eigenvalue weighted by Gasteiger charge is -2.17. The Morgan fingerprint density at radius 1 is 1.04 bits per heavy atom. The van der Waals surface area contributed by atoms with Crippen LogP contribution in [0.25, 0.3) is 0 Å². The summed E-state index contributed by atoms with van der Waals surface area (Å²) in [6, 6.07) is 8.04. The maximum Gasteiger partial charge on any atom is 0.253 e. The molecule has 6 nitrogen and oxygen atoms in total. The zero-order chi connectivity index (χ0) is 18.5. The monoisotopic (exact) mass is 367 g/mol. The fourth-order valence-corrected chi connectivity index (χ4v) is 3.64. The van der Waals surface area contributed by atoms with Gasteiger partial charge in [0.25, 0.3) is 5.91 Å². The van der Waals surface area contributed by atoms with Crippen molar-refractivity contribution in [2.75, 3.05) is 12.1 Å². The van der Waals surface area contributed by atoms with Crippen LogP contribution in [0.1, 0.15) is 54.4 Å². The number of pyridine rings is 1. The van der Waals surface area contributed by atoms with Gasteiger partial charge < -0.3 is 20.1 Å². The molecule has 0 radical (unpaired) electrons. The molecule has 1 fully saturated rings. The highest BCUT2D eigenvalue weighted by Crippen LogP contribution is 2.32. The number of aromatic nitrogens is 1. The largest absolute Gasteiger partial charge is 0.454 e. The lowest BCUT2D eigenvalue weighted by molar-refractivity contribution is 0.0950. The number of carbonyl (C=O) groups excluding carboxylic acids is 1. The van der Waals surface area contributed by atoms with E-state index in [4.69, 9.17) is 9.47 Å². The molecule has 0 saturated heterocycles. The standard InChI is InChI=1S/C21H25N3O3/c25-21(23-11-15-7-8-19-20(9-15)27-14-26-19)16-10-18(13-22-12-16)24-17-5-3-1-2-4-6-17/h7-10,12-13,17,24H,1-6,11,14H2,(H,23,25). The van der Waals surface area contributed by atoms with Gasteiger partial charge in [-0.3, -0.25) is 9.78 Å². The van der Waals surface area contributed by atoms with E-state index in [0.717, 1.165) is 22.7 Å². The highest BCUT2D eigenvalue weighted by Gasteiger charge is 2.15. The molecule has 1 amide bonds. The molecule has 0 atom stereocenters. The van der Waals surface area contributed by atoms with Crippen LogP contribution in [0.2, 0.25) is 0 Å². The van der Waals surface area contributed by atoms with Crippen molar-refractivity contribution >= 4 is 11.6 Å². The first-order valence-electron chi connectivity index (χ1n) is 9.66. The summed E-state index contributed by atoms with van der Waals surface area (Å²) < 4.78 is 10.7. The molecule has 0 unspecified atom stereocenters. The molecule has 2 aliphatic rings. The zero-order valence-electron chi connectivity index (χ0n) is 15.4. The van der Waals surface area contributed by atoms with E-state index in [2.05, 4.69) is 15.6 Å². The molecule has 1 aromatic heterocycles. The smallest absolute Gasteiger partial charge is 0.253 e. The number of fused-ring (bicyclic) bond motifs is 1. The number of hydrogen-bond acceptors (Lipinski definition) is 5. The van der Waals surface area contributed by atoms with Crippen LogP contribution in [0.5, 0.6) is 11.5 Å². The van der Waals surface area contributed by atoms with Gasteiger partial charge in [-0.25, -0.2) is 0 Å². The molecule has 27 heavy (non-hydrogen) atoms. The molecular formula is C21H25N3O3. The molecule has 0 spiro atoms. The summed E-state index contributed by atoms with van der Waals surface area (Å²) in [7, 11) is 0. The van der Waals surface area contributed by atoms with Crippen molar-refractivity contribution in [1.29, 1.82) is 0 Å². The fourth-order valence-electron chi connectivity index (χ4n) is 3.64. The Labute approximate surface area is 159 Å². The van der Waals surface area contributed by atoms with E-state index in [9.17, 15) is 4.79 Å². The van der Waals surface area contributed by atoms with E-state index in [0.29, 0.717) is 18.2 Å².